The van der Waals surface area contributed by atoms with Gasteiger partial charge in [0.05, 0.1) is 11.7 Å². The summed E-state index contributed by atoms with van der Waals surface area (Å²) in [5, 5.41) is 18.9. The van der Waals surface area contributed by atoms with Gasteiger partial charge in [-0.05, 0) is 33.2 Å². The lowest BCUT2D eigenvalue weighted by molar-refractivity contribution is 0.00167. The van der Waals surface area contributed by atoms with Crippen LogP contribution in [0.1, 0.15) is 26.7 Å². The zero-order valence-electron chi connectivity index (χ0n) is 7.95. The SMILES string of the molecule is CC(C)(O)CN1CCC[C@H](O)C1. The third kappa shape index (κ3) is 3.52. The minimum atomic E-state index is -0.642. The zero-order chi connectivity index (χ0) is 9.19. The van der Waals surface area contributed by atoms with E-state index in [1.165, 1.54) is 0 Å². The largest absolute Gasteiger partial charge is 0.392 e. The second-order valence-electron chi connectivity index (χ2n) is 4.34. The van der Waals surface area contributed by atoms with Crippen LogP contribution >= 0.6 is 0 Å². The highest BCUT2D eigenvalue weighted by Gasteiger charge is 2.23. The summed E-state index contributed by atoms with van der Waals surface area (Å²) >= 11 is 0. The Hall–Kier alpha value is -0.120. The molecule has 0 spiro atoms. The molecule has 0 aromatic carbocycles. The number of hydrogen-bond donors (Lipinski definition) is 2. The summed E-state index contributed by atoms with van der Waals surface area (Å²) in [6.45, 7) is 5.97. The topological polar surface area (TPSA) is 43.7 Å². The third-order valence-electron chi connectivity index (χ3n) is 2.09. The van der Waals surface area contributed by atoms with Crippen LogP contribution in [0.3, 0.4) is 0 Å². The van der Waals surface area contributed by atoms with Crippen molar-refractivity contribution in [2.24, 2.45) is 0 Å². The molecule has 1 fully saturated rings. The molecule has 0 saturated carbocycles. The molecular weight excluding hydrogens is 154 g/mol. The predicted octanol–water partition coefficient (Wildman–Crippen LogP) is 0.214. The van der Waals surface area contributed by atoms with Gasteiger partial charge < -0.3 is 10.2 Å². The Kier molecular flexibility index (Phi) is 3.09. The Morgan fingerprint density at radius 2 is 2.17 bits per heavy atom. The summed E-state index contributed by atoms with van der Waals surface area (Å²) in [5.41, 5.74) is -0.642. The van der Waals surface area contributed by atoms with Gasteiger partial charge in [0.2, 0.25) is 0 Å². The van der Waals surface area contributed by atoms with Crippen LogP contribution in [0.5, 0.6) is 0 Å². The monoisotopic (exact) mass is 173 g/mol. The third-order valence-corrected chi connectivity index (χ3v) is 2.09. The molecule has 1 aliphatic heterocycles. The van der Waals surface area contributed by atoms with Crippen LogP contribution in [0.4, 0.5) is 0 Å². The van der Waals surface area contributed by atoms with E-state index in [2.05, 4.69) is 4.90 Å². The summed E-state index contributed by atoms with van der Waals surface area (Å²) in [7, 11) is 0. The van der Waals surface area contributed by atoms with Crippen molar-refractivity contribution < 1.29 is 10.2 Å². The lowest BCUT2D eigenvalue weighted by Crippen LogP contribution is -2.45. The van der Waals surface area contributed by atoms with Crippen LogP contribution in [0.2, 0.25) is 0 Å². The molecule has 0 unspecified atom stereocenters. The van der Waals surface area contributed by atoms with Gasteiger partial charge >= 0.3 is 0 Å². The molecule has 1 heterocycles. The Morgan fingerprint density at radius 1 is 1.50 bits per heavy atom. The van der Waals surface area contributed by atoms with Crippen molar-refractivity contribution in [2.75, 3.05) is 19.6 Å². The molecular formula is C9H19NO2. The summed E-state index contributed by atoms with van der Waals surface area (Å²) in [5.74, 6) is 0. The number of aliphatic hydroxyl groups is 2. The highest BCUT2D eigenvalue weighted by molar-refractivity contribution is 4.77. The van der Waals surface area contributed by atoms with E-state index in [1.807, 2.05) is 0 Å². The van der Waals surface area contributed by atoms with Crippen LogP contribution < -0.4 is 0 Å². The van der Waals surface area contributed by atoms with Gasteiger partial charge in [0.25, 0.3) is 0 Å². The first-order valence-electron chi connectivity index (χ1n) is 4.60. The van der Waals surface area contributed by atoms with E-state index in [-0.39, 0.29) is 6.10 Å². The molecule has 1 aliphatic rings. The van der Waals surface area contributed by atoms with Crippen LogP contribution in [0.15, 0.2) is 0 Å². The molecule has 3 heteroatoms. The standard InChI is InChI=1S/C9H19NO2/c1-9(2,12)7-10-5-3-4-8(11)6-10/h8,11-12H,3-7H2,1-2H3/t8-/m0/s1. The normalized spacial score (nSPS) is 27.5. The van der Waals surface area contributed by atoms with Crippen LogP contribution in [-0.4, -0.2) is 46.5 Å². The molecule has 1 atom stereocenters. The first-order valence-corrected chi connectivity index (χ1v) is 4.60. The maximum atomic E-state index is 9.53. The predicted molar refractivity (Wildman–Crippen MR) is 48.0 cm³/mol. The molecule has 2 N–H and O–H groups in total. The summed E-state index contributed by atoms with van der Waals surface area (Å²) in [4.78, 5) is 2.12. The Bertz CT molecular complexity index is 142. The fraction of sp³-hybridized carbons (Fsp3) is 1.00. The first kappa shape index (κ1) is 9.96. The summed E-state index contributed by atoms with van der Waals surface area (Å²) < 4.78 is 0. The zero-order valence-corrected chi connectivity index (χ0v) is 7.95. The Morgan fingerprint density at radius 3 is 2.67 bits per heavy atom. The van der Waals surface area contributed by atoms with E-state index in [0.717, 1.165) is 19.4 Å². The van der Waals surface area contributed by atoms with E-state index in [1.54, 1.807) is 13.8 Å². The molecule has 0 bridgehead atoms. The van der Waals surface area contributed by atoms with Crippen molar-refractivity contribution in [3.63, 3.8) is 0 Å². The average Bonchev–Trinajstić information content (AvgIpc) is 1.82. The Labute approximate surface area is 74.0 Å². The summed E-state index contributed by atoms with van der Waals surface area (Å²) in [6.07, 6.45) is 1.75. The van der Waals surface area contributed by atoms with Gasteiger partial charge in [-0.15, -0.1) is 0 Å². The van der Waals surface area contributed by atoms with Crippen LogP contribution in [-0.2, 0) is 0 Å². The van der Waals surface area contributed by atoms with E-state index < -0.39 is 5.60 Å². The smallest absolute Gasteiger partial charge is 0.0718 e. The molecule has 72 valence electrons. The number of rotatable bonds is 2. The quantitative estimate of drug-likeness (QED) is 0.627. The van der Waals surface area contributed by atoms with E-state index in [4.69, 9.17) is 0 Å². The fourth-order valence-corrected chi connectivity index (χ4v) is 1.72. The van der Waals surface area contributed by atoms with Gasteiger partial charge in [0.15, 0.2) is 0 Å². The molecule has 0 amide bonds. The maximum absolute atomic E-state index is 9.53. The van der Waals surface area contributed by atoms with E-state index in [9.17, 15) is 10.2 Å². The molecule has 0 aromatic heterocycles. The van der Waals surface area contributed by atoms with Gasteiger partial charge in [0.1, 0.15) is 0 Å². The second kappa shape index (κ2) is 3.73. The van der Waals surface area contributed by atoms with Gasteiger partial charge in [-0.1, -0.05) is 0 Å². The van der Waals surface area contributed by atoms with Gasteiger partial charge in [-0.25, -0.2) is 0 Å². The first-order chi connectivity index (χ1) is 5.47. The van der Waals surface area contributed by atoms with Crippen molar-refractivity contribution in [2.45, 2.75) is 38.4 Å². The van der Waals surface area contributed by atoms with Crippen molar-refractivity contribution in [1.29, 1.82) is 0 Å². The lowest BCUT2D eigenvalue weighted by atomic mass is 10.0. The van der Waals surface area contributed by atoms with Crippen LogP contribution in [0, 0.1) is 0 Å². The van der Waals surface area contributed by atoms with Crippen molar-refractivity contribution in [1.82, 2.24) is 4.90 Å². The number of piperidine rings is 1. The highest BCUT2D eigenvalue weighted by Crippen LogP contribution is 2.13. The van der Waals surface area contributed by atoms with Crippen molar-refractivity contribution in [3.05, 3.63) is 0 Å². The molecule has 0 aromatic rings. The summed E-state index contributed by atoms with van der Waals surface area (Å²) in [6, 6.07) is 0. The molecule has 3 nitrogen and oxygen atoms in total. The van der Waals surface area contributed by atoms with Gasteiger partial charge in [0, 0.05) is 13.1 Å². The van der Waals surface area contributed by atoms with Crippen molar-refractivity contribution in [3.8, 4) is 0 Å². The highest BCUT2D eigenvalue weighted by atomic mass is 16.3. The maximum Gasteiger partial charge on any atom is 0.0718 e. The molecule has 0 radical (unpaired) electrons. The number of hydrogen-bond acceptors (Lipinski definition) is 3. The number of likely N-dealkylation sites (tertiary alicyclic amines) is 1. The number of nitrogens with zero attached hydrogens (tertiary/aromatic N) is 1. The van der Waals surface area contributed by atoms with Gasteiger partial charge in [-0.2, -0.15) is 0 Å². The fourth-order valence-electron chi connectivity index (χ4n) is 1.72. The molecule has 12 heavy (non-hydrogen) atoms. The van der Waals surface area contributed by atoms with E-state index >= 15 is 0 Å². The van der Waals surface area contributed by atoms with E-state index in [0.29, 0.717) is 13.1 Å². The average molecular weight is 173 g/mol. The molecule has 1 rings (SSSR count). The molecule has 1 saturated heterocycles. The number of aliphatic hydroxyl groups excluding tert-OH is 1. The van der Waals surface area contributed by atoms with Crippen LogP contribution in [0.25, 0.3) is 0 Å². The lowest BCUT2D eigenvalue weighted by Gasteiger charge is -2.33. The second-order valence-corrected chi connectivity index (χ2v) is 4.34. The Balaban J connectivity index is 2.32. The van der Waals surface area contributed by atoms with Gasteiger partial charge in [-0.3, -0.25) is 4.90 Å². The van der Waals surface area contributed by atoms with Crippen molar-refractivity contribution >= 4 is 0 Å². The minimum Gasteiger partial charge on any atom is -0.392 e. The number of β-amino-alcohol motifs (C(OH)–C–C–N with tert-alkyl or cyclic N) is 2. The molecule has 0 aliphatic carbocycles. The minimum absolute atomic E-state index is 0.193.